The maximum absolute atomic E-state index is 11.8. The van der Waals surface area contributed by atoms with Crippen molar-refractivity contribution in [1.29, 1.82) is 0 Å². The van der Waals surface area contributed by atoms with Crippen LogP contribution >= 0.6 is 0 Å². The number of nitrogens with one attached hydrogen (secondary N) is 2. The molecule has 0 saturated carbocycles. The molecule has 1 unspecified atom stereocenters. The first-order valence-corrected chi connectivity index (χ1v) is 5.92. The van der Waals surface area contributed by atoms with Gasteiger partial charge in [-0.3, -0.25) is 9.59 Å². The zero-order valence-corrected chi connectivity index (χ0v) is 10.4. The number of hydrogen-bond donors (Lipinski definition) is 3. The SMILES string of the molecule is CC(C(=O)NC(C)CCCC(=O)O)=C1CNC1. The van der Waals surface area contributed by atoms with Gasteiger partial charge in [0.25, 0.3) is 0 Å². The van der Waals surface area contributed by atoms with E-state index in [0.29, 0.717) is 12.8 Å². The molecule has 96 valence electrons. The second-order valence-electron chi connectivity index (χ2n) is 4.49. The fourth-order valence-corrected chi connectivity index (χ4v) is 1.64. The van der Waals surface area contributed by atoms with E-state index >= 15 is 0 Å². The van der Waals surface area contributed by atoms with Crippen LogP contribution in [0.1, 0.15) is 33.1 Å². The van der Waals surface area contributed by atoms with Crippen molar-refractivity contribution in [2.45, 2.75) is 39.2 Å². The van der Waals surface area contributed by atoms with Crippen LogP contribution < -0.4 is 10.6 Å². The lowest BCUT2D eigenvalue weighted by Crippen LogP contribution is -2.39. The molecule has 17 heavy (non-hydrogen) atoms. The van der Waals surface area contributed by atoms with Gasteiger partial charge in [-0.1, -0.05) is 0 Å². The number of carboxylic acids is 1. The Balaban J connectivity index is 2.28. The molecular formula is C12H20N2O3. The molecule has 1 rings (SSSR count). The maximum Gasteiger partial charge on any atom is 0.303 e. The van der Waals surface area contributed by atoms with Gasteiger partial charge in [-0.2, -0.15) is 0 Å². The number of hydrogen-bond acceptors (Lipinski definition) is 3. The maximum atomic E-state index is 11.8. The van der Waals surface area contributed by atoms with E-state index in [1.54, 1.807) is 0 Å². The van der Waals surface area contributed by atoms with Crippen LogP contribution in [0.5, 0.6) is 0 Å². The first kappa shape index (κ1) is 13.7. The Bertz CT molecular complexity index is 331. The summed E-state index contributed by atoms with van der Waals surface area (Å²) < 4.78 is 0. The van der Waals surface area contributed by atoms with Crippen LogP contribution in [0.4, 0.5) is 0 Å². The van der Waals surface area contributed by atoms with Gasteiger partial charge in [-0.15, -0.1) is 0 Å². The van der Waals surface area contributed by atoms with Crippen LogP contribution in [0.3, 0.4) is 0 Å². The van der Waals surface area contributed by atoms with E-state index in [0.717, 1.165) is 24.2 Å². The highest BCUT2D eigenvalue weighted by molar-refractivity contribution is 5.94. The van der Waals surface area contributed by atoms with E-state index in [1.807, 2.05) is 13.8 Å². The zero-order chi connectivity index (χ0) is 12.8. The van der Waals surface area contributed by atoms with Gasteiger partial charge in [0.15, 0.2) is 0 Å². The summed E-state index contributed by atoms with van der Waals surface area (Å²) in [5.74, 6) is -0.827. The van der Waals surface area contributed by atoms with E-state index in [9.17, 15) is 9.59 Å². The molecule has 0 aromatic carbocycles. The van der Waals surface area contributed by atoms with Gasteiger partial charge in [0.1, 0.15) is 0 Å². The van der Waals surface area contributed by atoms with Crippen molar-refractivity contribution in [3.8, 4) is 0 Å². The minimum Gasteiger partial charge on any atom is -0.481 e. The summed E-state index contributed by atoms with van der Waals surface area (Å²) in [4.78, 5) is 22.1. The molecule has 0 spiro atoms. The minimum atomic E-state index is -0.789. The molecule has 0 aliphatic carbocycles. The lowest BCUT2D eigenvalue weighted by Gasteiger charge is -2.22. The van der Waals surface area contributed by atoms with Crippen LogP contribution in [0.15, 0.2) is 11.1 Å². The summed E-state index contributed by atoms with van der Waals surface area (Å²) in [5.41, 5.74) is 1.94. The Morgan fingerprint density at radius 3 is 2.59 bits per heavy atom. The highest BCUT2D eigenvalue weighted by Gasteiger charge is 2.17. The fourth-order valence-electron chi connectivity index (χ4n) is 1.64. The highest BCUT2D eigenvalue weighted by atomic mass is 16.4. The van der Waals surface area contributed by atoms with Gasteiger partial charge < -0.3 is 15.7 Å². The predicted octanol–water partition coefficient (Wildman–Crippen LogP) is 0.666. The molecule has 1 aliphatic heterocycles. The largest absolute Gasteiger partial charge is 0.481 e. The minimum absolute atomic E-state index is 0.0189. The van der Waals surface area contributed by atoms with Crippen molar-refractivity contribution in [1.82, 2.24) is 10.6 Å². The van der Waals surface area contributed by atoms with Crippen LogP contribution in [-0.4, -0.2) is 36.1 Å². The molecule has 3 N–H and O–H groups in total. The van der Waals surface area contributed by atoms with Crippen LogP contribution in [0.2, 0.25) is 0 Å². The molecule has 1 saturated heterocycles. The van der Waals surface area contributed by atoms with Crippen molar-refractivity contribution in [2.75, 3.05) is 13.1 Å². The summed E-state index contributed by atoms with van der Waals surface area (Å²) in [5, 5.41) is 14.5. The Hall–Kier alpha value is -1.36. The van der Waals surface area contributed by atoms with Gasteiger partial charge in [0.05, 0.1) is 0 Å². The molecule has 1 atom stereocenters. The first-order valence-electron chi connectivity index (χ1n) is 5.92. The molecule has 5 nitrogen and oxygen atoms in total. The quantitative estimate of drug-likeness (QED) is 0.596. The van der Waals surface area contributed by atoms with Crippen molar-refractivity contribution in [3.05, 3.63) is 11.1 Å². The van der Waals surface area contributed by atoms with Gasteiger partial charge in [0.2, 0.25) is 5.91 Å². The molecule has 1 heterocycles. The van der Waals surface area contributed by atoms with Gasteiger partial charge in [0, 0.05) is 31.1 Å². The van der Waals surface area contributed by atoms with Crippen molar-refractivity contribution >= 4 is 11.9 Å². The Morgan fingerprint density at radius 2 is 2.12 bits per heavy atom. The van der Waals surface area contributed by atoms with E-state index in [1.165, 1.54) is 0 Å². The van der Waals surface area contributed by atoms with Gasteiger partial charge >= 0.3 is 5.97 Å². The number of aliphatic carboxylic acids is 1. The second kappa shape index (κ2) is 6.39. The third-order valence-electron chi connectivity index (χ3n) is 2.95. The van der Waals surface area contributed by atoms with Gasteiger partial charge in [-0.25, -0.2) is 0 Å². The number of carbonyl (C=O) groups is 2. The zero-order valence-electron chi connectivity index (χ0n) is 10.4. The number of carboxylic acid groups (broad SMARTS) is 1. The smallest absolute Gasteiger partial charge is 0.303 e. The van der Waals surface area contributed by atoms with Crippen molar-refractivity contribution in [3.63, 3.8) is 0 Å². The third-order valence-corrected chi connectivity index (χ3v) is 2.95. The Morgan fingerprint density at radius 1 is 1.47 bits per heavy atom. The average molecular weight is 240 g/mol. The van der Waals surface area contributed by atoms with Crippen LogP contribution in [-0.2, 0) is 9.59 Å². The number of amides is 1. The molecule has 0 radical (unpaired) electrons. The molecule has 1 amide bonds. The van der Waals surface area contributed by atoms with Crippen LogP contribution in [0.25, 0.3) is 0 Å². The normalized spacial score (nSPS) is 16.0. The Labute approximate surface area is 101 Å². The van der Waals surface area contributed by atoms with Gasteiger partial charge in [-0.05, 0) is 32.3 Å². The van der Waals surface area contributed by atoms with E-state index in [-0.39, 0.29) is 18.4 Å². The van der Waals surface area contributed by atoms with Crippen molar-refractivity contribution in [2.24, 2.45) is 0 Å². The molecule has 0 aromatic heterocycles. The van der Waals surface area contributed by atoms with Crippen LogP contribution in [0, 0.1) is 0 Å². The lowest BCUT2D eigenvalue weighted by atomic mass is 10.0. The lowest BCUT2D eigenvalue weighted by molar-refractivity contribution is -0.137. The van der Waals surface area contributed by atoms with Crippen molar-refractivity contribution < 1.29 is 14.7 Å². The summed E-state index contributed by atoms with van der Waals surface area (Å²) >= 11 is 0. The predicted molar refractivity (Wildman–Crippen MR) is 64.7 cm³/mol. The Kier molecular flexibility index (Phi) is 5.15. The number of carbonyl (C=O) groups excluding carboxylic acids is 1. The molecular weight excluding hydrogens is 220 g/mol. The topological polar surface area (TPSA) is 78.4 Å². The fraction of sp³-hybridized carbons (Fsp3) is 0.667. The standard InChI is InChI=1S/C12H20N2O3/c1-8(4-3-5-11(15)16)14-12(17)9(2)10-6-13-7-10/h8,13H,3-7H2,1-2H3,(H,14,17)(H,15,16). The summed E-state index contributed by atoms with van der Waals surface area (Å²) in [6.07, 6.45) is 1.44. The summed E-state index contributed by atoms with van der Waals surface area (Å²) in [6.45, 7) is 5.32. The third kappa shape index (κ3) is 4.56. The highest BCUT2D eigenvalue weighted by Crippen LogP contribution is 2.09. The second-order valence-corrected chi connectivity index (χ2v) is 4.49. The summed E-state index contributed by atoms with van der Waals surface area (Å²) in [7, 11) is 0. The average Bonchev–Trinajstić information content (AvgIpc) is 2.13. The van der Waals surface area contributed by atoms with E-state index in [2.05, 4.69) is 10.6 Å². The molecule has 1 fully saturated rings. The monoisotopic (exact) mass is 240 g/mol. The molecule has 0 aromatic rings. The van der Waals surface area contributed by atoms with E-state index in [4.69, 9.17) is 5.11 Å². The molecule has 5 heteroatoms. The molecule has 1 aliphatic rings. The first-order chi connectivity index (χ1) is 8.00. The molecule has 0 bridgehead atoms. The van der Waals surface area contributed by atoms with E-state index < -0.39 is 5.97 Å². The summed E-state index contributed by atoms with van der Waals surface area (Å²) in [6, 6.07) is 0.0189. The number of rotatable bonds is 6.